The van der Waals surface area contributed by atoms with Gasteiger partial charge in [-0.15, -0.1) is 10.2 Å². The molecule has 1 amide bonds. The number of carbonyl (C=O) groups is 1. The molecule has 0 unspecified atom stereocenters. The summed E-state index contributed by atoms with van der Waals surface area (Å²) in [5, 5.41) is 12.4. The van der Waals surface area contributed by atoms with Crippen LogP contribution < -0.4 is 9.47 Å². The van der Waals surface area contributed by atoms with Crippen LogP contribution in [0.15, 0.2) is 48.5 Å². The fourth-order valence-electron chi connectivity index (χ4n) is 2.88. The number of nitrogens with zero attached hydrogens (tertiary/aromatic N) is 5. The van der Waals surface area contributed by atoms with Gasteiger partial charge in [0.15, 0.2) is 11.5 Å². The molecule has 8 nitrogen and oxygen atoms in total. The van der Waals surface area contributed by atoms with Crippen molar-refractivity contribution in [1.29, 1.82) is 0 Å². The van der Waals surface area contributed by atoms with Gasteiger partial charge in [0.1, 0.15) is 13.2 Å². The maximum absolute atomic E-state index is 12.2. The summed E-state index contributed by atoms with van der Waals surface area (Å²) in [6.45, 7) is 5.68. The first-order valence-electron chi connectivity index (χ1n) is 9.55. The van der Waals surface area contributed by atoms with E-state index in [-0.39, 0.29) is 12.5 Å². The number of hydrogen-bond donors (Lipinski definition) is 0. The number of tetrazole rings is 1. The lowest BCUT2D eigenvalue weighted by Crippen LogP contribution is -2.34. The minimum Gasteiger partial charge on any atom is -0.493 e. The molecule has 0 radical (unpaired) electrons. The molecule has 1 aromatic heterocycles. The molecule has 3 rings (SSSR count). The first-order chi connectivity index (χ1) is 14.1. The summed E-state index contributed by atoms with van der Waals surface area (Å²) in [6.07, 6.45) is 0. The normalized spacial score (nSPS) is 10.6. The van der Waals surface area contributed by atoms with Crippen LogP contribution in [0.25, 0.3) is 11.4 Å². The average molecular weight is 395 g/mol. The van der Waals surface area contributed by atoms with Gasteiger partial charge in [-0.25, -0.2) is 0 Å². The predicted octanol–water partition coefficient (Wildman–Crippen LogP) is 2.80. The zero-order chi connectivity index (χ0) is 20.6. The van der Waals surface area contributed by atoms with E-state index in [1.807, 2.05) is 56.3 Å². The van der Waals surface area contributed by atoms with Crippen molar-refractivity contribution in [3.05, 3.63) is 54.1 Å². The van der Waals surface area contributed by atoms with Crippen molar-refractivity contribution >= 4 is 5.91 Å². The minimum absolute atomic E-state index is 0.0406. The molecule has 0 atom stereocenters. The van der Waals surface area contributed by atoms with E-state index in [9.17, 15) is 4.79 Å². The van der Waals surface area contributed by atoms with Crippen LogP contribution in [0, 0.1) is 0 Å². The van der Waals surface area contributed by atoms with Crippen LogP contribution in [0.4, 0.5) is 0 Å². The van der Waals surface area contributed by atoms with E-state index in [0.717, 1.165) is 11.1 Å². The van der Waals surface area contributed by atoms with Gasteiger partial charge >= 0.3 is 0 Å². The minimum atomic E-state index is -0.0406. The second-order valence-corrected chi connectivity index (χ2v) is 6.35. The van der Waals surface area contributed by atoms with Crippen molar-refractivity contribution < 1.29 is 14.3 Å². The highest BCUT2D eigenvalue weighted by Gasteiger charge is 2.15. The lowest BCUT2D eigenvalue weighted by molar-refractivity contribution is -0.131. The third-order valence-corrected chi connectivity index (χ3v) is 4.50. The zero-order valence-corrected chi connectivity index (χ0v) is 16.9. The fourth-order valence-corrected chi connectivity index (χ4v) is 2.88. The third kappa shape index (κ3) is 5.10. The Morgan fingerprint density at radius 3 is 2.52 bits per heavy atom. The van der Waals surface area contributed by atoms with Crippen molar-refractivity contribution in [1.82, 2.24) is 25.1 Å². The van der Waals surface area contributed by atoms with Gasteiger partial charge in [0.05, 0.1) is 7.11 Å². The number of hydrogen-bond acceptors (Lipinski definition) is 6. The molecule has 0 N–H and O–H groups in total. The van der Waals surface area contributed by atoms with Crippen LogP contribution in [0.2, 0.25) is 0 Å². The van der Waals surface area contributed by atoms with Gasteiger partial charge in [0.25, 0.3) is 0 Å². The summed E-state index contributed by atoms with van der Waals surface area (Å²) >= 11 is 0. The molecule has 0 aliphatic rings. The Bertz CT molecular complexity index is 938. The number of benzene rings is 2. The van der Waals surface area contributed by atoms with Gasteiger partial charge < -0.3 is 14.4 Å². The molecule has 0 saturated heterocycles. The van der Waals surface area contributed by atoms with E-state index in [1.165, 1.54) is 4.80 Å². The third-order valence-electron chi connectivity index (χ3n) is 4.50. The summed E-state index contributed by atoms with van der Waals surface area (Å²) in [5.41, 5.74) is 1.80. The van der Waals surface area contributed by atoms with Crippen LogP contribution >= 0.6 is 0 Å². The van der Waals surface area contributed by atoms with Crippen LogP contribution in [0.1, 0.15) is 19.4 Å². The van der Waals surface area contributed by atoms with E-state index in [2.05, 4.69) is 15.4 Å². The second kappa shape index (κ2) is 9.68. The number of likely N-dealkylation sites (N-methyl/N-ethyl adjacent to an activating group) is 1. The SMILES string of the molecule is CCN(CC)C(=O)Cn1nnc(-c2ccc(OCc3ccccc3)c(OC)c2)n1. The van der Waals surface area contributed by atoms with Crippen molar-refractivity contribution in [2.24, 2.45) is 0 Å². The number of amides is 1. The van der Waals surface area contributed by atoms with Crippen molar-refractivity contribution in [3.63, 3.8) is 0 Å². The average Bonchev–Trinajstić information content (AvgIpc) is 3.22. The summed E-state index contributed by atoms with van der Waals surface area (Å²) in [4.78, 5) is 15.3. The molecule has 0 spiro atoms. The molecule has 3 aromatic rings. The standard InChI is InChI=1S/C21H25N5O3/c1-4-25(5-2)20(27)14-26-23-21(22-24-26)17-11-12-18(19(13-17)28-3)29-15-16-9-7-6-8-10-16/h6-13H,4-5,14-15H2,1-3H3. The maximum Gasteiger partial charge on any atom is 0.246 e. The Hall–Kier alpha value is -3.42. The monoisotopic (exact) mass is 395 g/mol. The summed E-state index contributed by atoms with van der Waals surface area (Å²) in [6, 6.07) is 15.4. The topological polar surface area (TPSA) is 82.4 Å². The molecular formula is C21H25N5O3. The smallest absolute Gasteiger partial charge is 0.246 e. The second-order valence-electron chi connectivity index (χ2n) is 6.35. The molecule has 29 heavy (non-hydrogen) atoms. The highest BCUT2D eigenvalue weighted by molar-refractivity contribution is 5.75. The molecule has 0 saturated carbocycles. The summed E-state index contributed by atoms with van der Waals surface area (Å²) < 4.78 is 11.3. The summed E-state index contributed by atoms with van der Waals surface area (Å²) in [7, 11) is 1.58. The molecule has 0 fully saturated rings. The lowest BCUT2D eigenvalue weighted by Gasteiger charge is -2.17. The number of ether oxygens (including phenoxy) is 2. The van der Waals surface area contributed by atoms with E-state index in [0.29, 0.717) is 37.0 Å². The molecular weight excluding hydrogens is 370 g/mol. The van der Waals surface area contributed by atoms with E-state index in [1.54, 1.807) is 18.1 Å². The largest absolute Gasteiger partial charge is 0.493 e. The predicted molar refractivity (Wildman–Crippen MR) is 109 cm³/mol. The maximum atomic E-state index is 12.2. The van der Waals surface area contributed by atoms with Gasteiger partial charge in [-0.1, -0.05) is 30.3 Å². The van der Waals surface area contributed by atoms with Crippen LogP contribution in [-0.4, -0.2) is 51.2 Å². The number of methoxy groups -OCH3 is 1. The molecule has 1 heterocycles. The Morgan fingerprint density at radius 1 is 1.07 bits per heavy atom. The van der Waals surface area contributed by atoms with Gasteiger partial charge in [-0.2, -0.15) is 4.80 Å². The quantitative estimate of drug-likeness (QED) is 0.554. The number of aromatic nitrogens is 4. The van der Waals surface area contributed by atoms with Crippen molar-refractivity contribution in [2.75, 3.05) is 20.2 Å². The van der Waals surface area contributed by atoms with E-state index in [4.69, 9.17) is 9.47 Å². The van der Waals surface area contributed by atoms with Gasteiger partial charge in [-0.3, -0.25) is 4.79 Å². The molecule has 0 aliphatic carbocycles. The van der Waals surface area contributed by atoms with Gasteiger partial charge in [-0.05, 0) is 42.8 Å². The molecule has 0 bridgehead atoms. The Morgan fingerprint density at radius 2 is 1.83 bits per heavy atom. The van der Waals surface area contributed by atoms with Gasteiger partial charge in [0.2, 0.25) is 11.7 Å². The first-order valence-corrected chi connectivity index (χ1v) is 9.55. The van der Waals surface area contributed by atoms with Crippen molar-refractivity contribution in [2.45, 2.75) is 27.0 Å². The van der Waals surface area contributed by atoms with E-state index < -0.39 is 0 Å². The van der Waals surface area contributed by atoms with Crippen LogP contribution in [0.3, 0.4) is 0 Å². The Kier molecular flexibility index (Phi) is 6.78. The fraction of sp³-hybridized carbons (Fsp3) is 0.333. The molecule has 2 aromatic carbocycles. The highest BCUT2D eigenvalue weighted by Crippen LogP contribution is 2.31. The number of carbonyl (C=O) groups excluding carboxylic acids is 1. The Balaban J connectivity index is 1.71. The number of rotatable bonds is 9. The Labute approximate surface area is 170 Å². The molecule has 152 valence electrons. The first kappa shape index (κ1) is 20.3. The van der Waals surface area contributed by atoms with Crippen LogP contribution in [-0.2, 0) is 17.9 Å². The molecule has 0 aliphatic heterocycles. The highest BCUT2D eigenvalue weighted by atomic mass is 16.5. The van der Waals surface area contributed by atoms with Crippen LogP contribution in [0.5, 0.6) is 11.5 Å². The lowest BCUT2D eigenvalue weighted by atomic mass is 10.2. The van der Waals surface area contributed by atoms with E-state index >= 15 is 0 Å². The van der Waals surface area contributed by atoms with Crippen molar-refractivity contribution in [3.8, 4) is 22.9 Å². The summed E-state index contributed by atoms with van der Waals surface area (Å²) in [5.74, 6) is 1.59. The zero-order valence-electron chi connectivity index (χ0n) is 16.9. The van der Waals surface area contributed by atoms with Gasteiger partial charge in [0, 0.05) is 18.7 Å². The molecule has 8 heteroatoms.